The molecule has 0 unspecified atom stereocenters. The fraction of sp³-hybridized carbons (Fsp3) is 0.214. The van der Waals surface area contributed by atoms with Crippen molar-refractivity contribution in [2.75, 3.05) is 6.54 Å². The van der Waals surface area contributed by atoms with Crippen LogP contribution in [0.1, 0.15) is 19.4 Å². The highest BCUT2D eigenvalue weighted by atomic mass is 35.5. The van der Waals surface area contributed by atoms with Gasteiger partial charge in [-0.3, -0.25) is 14.2 Å². The Morgan fingerprint density at radius 1 is 1.03 bits per heavy atom. The minimum absolute atomic E-state index is 0.161. The zero-order valence-corrected chi connectivity index (χ0v) is 21.3. The zero-order chi connectivity index (χ0) is 26.0. The number of halogens is 1. The molecule has 0 spiro atoms. The minimum atomic E-state index is -1.09. The lowest BCUT2D eigenvalue weighted by Crippen LogP contribution is -2.47. The third-order valence-electron chi connectivity index (χ3n) is 6.19. The van der Waals surface area contributed by atoms with Crippen molar-refractivity contribution in [3.05, 3.63) is 100 Å². The number of hydrogen-bond donors (Lipinski definition) is 1. The summed E-state index contributed by atoms with van der Waals surface area (Å²) in [6.07, 6.45) is 3.08. The minimum Gasteiger partial charge on any atom is -0.478 e. The molecule has 5 aromatic rings. The lowest BCUT2D eigenvalue weighted by Gasteiger charge is -2.25. The van der Waals surface area contributed by atoms with Crippen molar-refractivity contribution >= 4 is 39.3 Å². The van der Waals surface area contributed by atoms with Gasteiger partial charge in [0.2, 0.25) is 0 Å². The molecule has 9 heteroatoms. The third-order valence-corrected chi connectivity index (χ3v) is 6.44. The van der Waals surface area contributed by atoms with Crippen LogP contribution < -0.4 is 15.6 Å². The molecule has 1 N–H and O–H groups in total. The van der Waals surface area contributed by atoms with E-state index in [2.05, 4.69) is 33.6 Å². The van der Waals surface area contributed by atoms with Crippen molar-refractivity contribution in [3.8, 4) is 5.75 Å². The Bertz CT molecular complexity index is 1630. The molecule has 0 radical (unpaired) electrons. The summed E-state index contributed by atoms with van der Waals surface area (Å²) in [6.45, 7) is 4.45. The van der Waals surface area contributed by atoms with Gasteiger partial charge >= 0.3 is 0 Å². The van der Waals surface area contributed by atoms with Gasteiger partial charge in [-0.15, -0.1) is 0 Å². The number of nitrogens with one attached hydrogen (secondary N) is 1. The molecule has 188 valence electrons. The van der Waals surface area contributed by atoms with Crippen LogP contribution in [0.5, 0.6) is 5.75 Å². The van der Waals surface area contributed by atoms with Gasteiger partial charge in [0.05, 0.1) is 19.3 Å². The standard InChI is InChI=1S/C28H26ClN5O3/c1-28(2,37-22-12-10-21(29)11-13-22)27(36)30-14-15-34-25-24(16-32-34)26(35)33(18-31-25)17-20-8-5-7-19-6-3-4-9-23(19)20/h3-13,16,18H,14-15,17H2,1-2H3,(H,30,36). The Labute approximate surface area is 218 Å². The summed E-state index contributed by atoms with van der Waals surface area (Å²) in [4.78, 5) is 30.4. The topological polar surface area (TPSA) is 91.0 Å². The molecule has 0 bridgehead atoms. The number of aromatic nitrogens is 4. The van der Waals surface area contributed by atoms with Crippen LogP contribution in [-0.2, 0) is 17.9 Å². The van der Waals surface area contributed by atoms with Crippen LogP contribution in [0.15, 0.2) is 84.0 Å². The second kappa shape index (κ2) is 10.1. The maximum Gasteiger partial charge on any atom is 0.264 e. The molecule has 3 aromatic carbocycles. The number of ether oxygens (including phenoxy) is 1. The first kappa shape index (κ1) is 24.5. The van der Waals surface area contributed by atoms with Gasteiger partial charge < -0.3 is 10.1 Å². The Morgan fingerprint density at radius 2 is 1.78 bits per heavy atom. The van der Waals surface area contributed by atoms with Crippen LogP contribution in [0.2, 0.25) is 5.02 Å². The van der Waals surface area contributed by atoms with E-state index in [0.717, 1.165) is 16.3 Å². The van der Waals surface area contributed by atoms with Crippen molar-refractivity contribution in [1.82, 2.24) is 24.6 Å². The highest BCUT2D eigenvalue weighted by molar-refractivity contribution is 6.30. The quantitative estimate of drug-likeness (QED) is 0.330. The van der Waals surface area contributed by atoms with E-state index in [1.54, 1.807) is 53.7 Å². The van der Waals surface area contributed by atoms with E-state index in [-0.39, 0.29) is 11.5 Å². The van der Waals surface area contributed by atoms with Crippen LogP contribution >= 0.6 is 11.6 Å². The number of carbonyl (C=O) groups is 1. The maximum absolute atomic E-state index is 13.2. The summed E-state index contributed by atoms with van der Waals surface area (Å²) >= 11 is 5.91. The van der Waals surface area contributed by atoms with E-state index < -0.39 is 5.60 Å². The average Bonchev–Trinajstić information content (AvgIpc) is 3.31. The molecule has 0 aliphatic heterocycles. The van der Waals surface area contributed by atoms with E-state index in [9.17, 15) is 9.59 Å². The van der Waals surface area contributed by atoms with Crippen molar-refractivity contribution in [3.63, 3.8) is 0 Å². The number of rotatable bonds is 8. The van der Waals surface area contributed by atoms with Crippen LogP contribution in [0.3, 0.4) is 0 Å². The fourth-order valence-corrected chi connectivity index (χ4v) is 4.35. The van der Waals surface area contributed by atoms with Crippen molar-refractivity contribution < 1.29 is 9.53 Å². The fourth-order valence-electron chi connectivity index (χ4n) is 4.22. The van der Waals surface area contributed by atoms with Crippen LogP contribution in [0.25, 0.3) is 21.8 Å². The van der Waals surface area contributed by atoms with Crippen molar-refractivity contribution in [2.45, 2.75) is 32.5 Å². The first-order chi connectivity index (χ1) is 17.8. The van der Waals surface area contributed by atoms with Crippen molar-refractivity contribution in [1.29, 1.82) is 0 Å². The first-order valence-corrected chi connectivity index (χ1v) is 12.3. The van der Waals surface area contributed by atoms with Crippen LogP contribution in [0, 0.1) is 0 Å². The summed E-state index contributed by atoms with van der Waals surface area (Å²) in [5.74, 6) is 0.274. The first-order valence-electron chi connectivity index (χ1n) is 11.9. The second-order valence-electron chi connectivity index (χ2n) is 9.24. The summed E-state index contributed by atoms with van der Waals surface area (Å²) < 4.78 is 9.04. The normalized spacial score (nSPS) is 11.6. The molecule has 37 heavy (non-hydrogen) atoms. The Balaban J connectivity index is 1.26. The van der Waals surface area contributed by atoms with Gasteiger partial charge in [0.25, 0.3) is 11.5 Å². The molecule has 2 aromatic heterocycles. The predicted octanol–water partition coefficient (Wildman–Crippen LogP) is 4.42. The third kappa shape index (κ3) is 5.20. The number of nitrogens with zero attached hydrogens (tertiary/aromatic N) is 4. The number of carbonyl (C=O) groups excluding carboxylic acids is 1. The summed E-state index contributed by atoms with van der Waals surface area (Å²) in [6, 6.07) is 21.0. The zero-order valence-electron chi connectivity index (χ0n) is 20.5. The van der Waals surface area contributed by atoms with Gasteiger partial charge in [-0.25, -0.2) is 9.67 Å². The molecule has 0 fully saturated rings. The van der Waals surface area contributed by atoms with Gasteiger partial charge in [-0.1, -0.05) is 54.1 Å². The van der Waals surface area contributed by atoms with Crippen molar-refractivity contribution in [2.24, 2.45) is 0 Å². The molecule has 0 aliphatic rings. The maximum atomic E-state index is 13.2. The predicted molar refractivity (Wildman–Crippen MR) is 144 cm³/mol. The molecular weight excluding hydrogens is 490 g/mol. The van der Waals surface area contributed by atoms with E-state index in [1.807, 2.05) is 24.3 Å². The number of benzene rings is 3. The summed E-state index contributed by atoms with van der Waals surface area (Å²) in [7, 11) is 0. The highest BCUT2D eigenvalue weighted by Gasteiger charge is 2.29. The second-order valence-corrected chi connectivity index (χ2v) is 9.68. The molecule has 0 aliphatic carbocycles. The van der Waals surface area contributed by atoms with Gasteiger partial charge in [0.1, 0.15) is 17.5 Å². The van der Waals surface area contributed by atoms with E-state index in [0.29, 0.717) is 41.4 Å². The van der Waals surface area contributed by atoms with E-state index >= 15 is 0 Å². The van der Waals surface area contributed by atoms with E-state index in [4.69, 9.17) is 16.3 Å². The molecule has 0 saturated carbocycles. The van der Waals surface area contributed by atoms with Crippen LogP contribution in [0.4, 0.5) is 0 Å². The van der Waals surface area contributed by atoms with Gasteiger partial charge in [0.15, 0.2) is 11.2 Å². The molecule has 0 saturated heterocycles. The Morgan fingerprint density at radius 3 is 2.59 bits per heavy atom. The van der Waals surface area contributed by atoms with Crippen LogP contribution in [-0.4, -0.2) is 37.4 Å². The molecular formula is C28H26ClN5O3. The lowest BCUT2D eigenvalue weighted by atomic mass is 10.0. The van der Waals surface area contributed by atoms with E-state index in [1.165, 1.54) is 6.20 Å². The van der Waals surface area contributed by atoms with Gasteiger partial charge in [-0.2, -0.15) is 5.10 Å². The Kier molecular flexibility index (Phi) is 6.67. The number of fused-ring (bicyclic) bond motifs is 2. The smallest absolute Gasteiger partial charge is 0.264 e. The van der Waals surface area contributed by atoms with Gasteiger partial charge in [0, 0.05) is 11.6 Å². The number of amides is 1. The molecule has 5 rings (SSSR count). The lowest BCUT2D eigenvalue weighted by molar-refractivity contribution is -0.134. The van der Waals surface area contributed by atoms with Gasteiger partial charge in [-0.05, 0) is 54.4 Å². The average molecular weight is 516 g/mol. The summed E-state index contributed by atoms with van der Waals surface area (Å²) in [5.41, 5.74) is 0.267. The SMILES string of the molecule is CC(C)(Oc1ccc(Cl)cc1)C(=O)NCCn1ncc2c(=O)n(Cc3cccc4ccccc34)cnc21. The molecule has 1 amide bonds. The Hall–Kier alpha value is -4.17. The molecule has 0 atom stereocenters. The highest BCUT2D eigenvalue weighted by Crippen LogP contribution is 2.21. The largest absolute Gasteiger partial charge is 0.478 e. The summed E-state index contributed by atoms with van der Waals surface area (Å²) in [5, 5.41) is 10.5. The molecule has 8 nitrogen and oxygen atoms in total. The number of hydrogen-bond acceptors (Lipinski definition) is 5. The monoisotopic (exact) mass is 515 g/mol. The molecule has 2 heterocycles.